The summed E-state index contributed by atoms with van der Waals surface area (Å²) in [7, 11) is 0. The zero-order chi connectivity index (χ0) is 26.3. The van der Waals surface area contributed by atoms with Crippen molar-refractivity contribution in [1.82, 2.24) is 4.90 Å². The van der Waals surface area contributed by atoms with Crippen LogP contribution >= 0.6 is 0 Å². The van der Waals surface area contributed by atoms with Crippen molar-refractivity contribution >= 4 is 11.9 Å². The van der Waals surface area contributed by atoms with E-state index in [1.54, 1.807) is 4.90 Å². The zero-order valence-electron chi connectivity index (χ0n) is 22.8. The molecule has 0 fully saturated rings. The predicted molar refractivity (Wildman–Crippen MR) is 135 cm³/mol. The van der Waals surface area contributed by atoms with Gasteiger partial charge in [0.05, 0.1) is 19.8 Å². The molecule has 0 saturated carbocycles. The average Bonchev–Trinajstić information content (AvgIpc) is 2.77. The van der Waals surface area contributed by atoms with Crippen LogP contribution in [0.4, 0.5) is 0 Å². The molecular formula is C26H52NNaO7. The number of nitrogens with zero attached hydrogens (tertiary/aromatic N) is 1. The molecule has 0 heterocycles. The topological polar surface area (TPSA) is 141 Å². The Balaban J connectivity index is -0.000000267. The summed E-state index contributed by atoms with van der Waals surface area (Å²) in [4.78, 5) is 21.0. The van der Waals surface area contributed by atoms with Crippen molar-refractivity contribution in [2.24, 2.45) is 0 Å². The summed E-state index contributed by atoms with van der Waals surface area (Å²) in [5.41, 5.74) is 0. The van der Waals surface area contributed by atoms with Gasteiger partial charge in [-0.15, -0.1) is 0 Å². The third-order valence-corrected chi connectivity index (χ3v) is 4.90. The Labute approximate surface area is 236 Å². The molecule has 0 aliphatic carbocycles. The summed E-state index contributed by atoms with van der Waals surface area (Å²) in [5.74, 6) is -1.75. The van der Waals surface area contributed by atoms with E-state index in [9.17, 15) is 4.79 Å². The van der Waals surface area contributed by atoms with Gasteiger partial charge in [-0.2, -0.15) is 0 Å². The van der Waals surface area contributed by atoms with Crippen LogP contribution in [0.25, 0.3) is 0 Å². The number of rotatable bonds is 21. The maximum absolute atomic E-state index is 10.3. The Morgan fingerprint density at radius 1 is 0.714 bits per heavy atom. The molecule has 0 atom stereocenters. The number of carboxylic acid groups (broad SMARTS) is 2. The van der Waals surface area contributed by atoms with Crippen molar-refractivity contribution in [3.8, 4) is 0 Å². The van der Waals surface area contributed by atoms with Crippen molar-refractivity contribution in [2.45, 2.75) is 104 Å². The zero-order valence-corrected chi connectivity index (χ0v) is 24.8. The Bertz CT molecular complexity index is 433. The second-order valence-corrected chi connectivity index (χ2v) is 8.23. The van der Waals surface area contributed by atoms with Crippen LogP contribution in [-0.4, -0.2) is 76.7 Å². The van der Waals surface area contributed by atoms with Gasteiger partial charge in [-0.25, -0.2) is 0 Å². The molecule has 0 amide bonds. The number of aliphatic hydroxyl groups excluding tert-OH is 3. The summed E-state index contributed by atoms with van der Waals surface area (Å²) >= 11 is 0. The van der Waals surface area contributed by atoms with Gasteiger partial charge in [0.25, 0.3) is 0 Å². The van der Waals surface area contributed by atoms with Crippen LogP contribution in [0.3, 0.4) is 0 Å². The molecule has 0 aromatic rings. The second-order valence-electron chi connectivity index (χ2n) is 8.23. The fourth-order valence-electron chi connectivity index (χ4n) is 3.11. The molecule has 0 aliphatic rings. The van der Waals surface area contributed by atoms with E-state index in [1.165, 1.54) is 70.6 Å². The van der Waals surface area contributed by atoms with E-state index in [-0.39, 0.29) is 49.4 Å². The number of aliphatic carboxylic acids is 2. The minimum Gasteiger partial charge on any atom is -0.550 e. The molecular weight excluding hydrogens is 461 g/mol. The van der Waals surface area contributed by atoms with E-state index in [0.717, 1.165) is 19.8 Å². The van der Waals surface area contributed by atoms with E-state index in [1.807, 2.05) is 0 Å². The normalized spacial score (nSPS) is 10.2. The third kappa shape index (κ3) is 51.1. The van der Waals surface area contributed by atoms with E-state index in [0.29, 0.717) is 26.1 Å². The van der Waals surface area contributed by atoms with Crippen LogP contribution in [0.2, 0.25) is 0 Å². The van der Waals surface area contributed by atoms with E-state index < -0.39 is 11.9 Å². The minimum absolute atomic E-state index is 0. The smallest absolute Gasteiger partial charge is 0.550 e. The molecule has 8 nitrogen and oxygen atoms in total. The molecule has 0 aromatic heterocycles. The van der Waals surface area contributed by atoms with Crippen LogP contribution in [0.5, 0.6) is 0 Å². The van der Waals surface area contributed by atoms with E-state index >= 15 is 0 Å². The van der Waals surface area contributed by atoms with Crippen molar-refractivity contribution in [1.29, 1.82) is 0 Å². The number of carbonyl (C=O) groups excluding carboxylic acids is 1. The Morgan fingerprint density at radius 2 is 1.06 bits per heavy atom. The molecule has 4 N–H and O–H groups in total. The second kappa shape index (κ2) is 38.1. The molecule has 9 heteroatoms. The molecule has 0 unspecified atom stereocenters. The molecule has 0 spiro atoms. The van der Waals surface area contributed by atoms with Gasteiger partial charge in [-0.3, -0.25) is 9.69 Å². The van der Waals surface area contributed by atoms with Gasteiger partial charge in [0.1, 0.15) is 0 Å². The Hall–Kier alpha value is -0.480. The van der Waals surface area contributed by atoms with Gasteiger partial charge < -0.3 is 30.3 Å². The fraction of sp³-hybridized carbons (Fsp3) is 0.846. The largest absolute Gasteiger partial charge is 1.00 e. The summed E-state index contributed by atoms with van der Waals surface area (Å²) in [6.07, 6.45) is 21.2. The van der Waals surface area contributed by atoms with Crippen LogP contribution in [0, 0.1) is 0 Å². The number of carbonyl (C=O) groups is 2. The quantitative estimate of drug-likeness (QED) is 0.0965. The van der Waals surface area contributed by atoms with Gasteiger partial charge >= 0.3 is 35.5 Å². The van der Waals surface area contributed by atoms with Gasteiger partial charge in [0.2, 0.25) is 0 Å². The van der Waals surface area contributed by atoms with Crippen LogP contribution in [0.1, 0.15) is 104 Å². The fourth-order valence-corrected chi connectivity index (χ4v) is 3.11. The molecule has 35 heavy (non-hydrogen) atoms. The first-order chi connectivity index (χ1) is 16.3. The third-order valence-electron chi connectivity index (χ3n) is 4.90. The molecule has 0 aromatic carbocycles. The van der Waals surface area contributed by atoms with Gasteiger partial charge in [0.15, 0.2) is 0 Å². The monoisotopic (exact) mass is 513 g/mol. The number of hydrogen-bond donors (Lipinski definition) is 4. The minimum atomic E-state index is -1.08. The first kappa shape index (κ1) is 41.6. The van der Waals surface area contributed by atoms with E-state index in [2.05, 4.69) is 19.1 Å². The first-order valence-corrected chi connectivity index (χ1v) is 12.9. The van der Waals surface area contributed by atoms with Crippen LogP contribution < -0.4 is 34.7 Å². The Kier molecular flexibility index (Phi) is 45.3. The van der Waals surface area contributed by atoms with Crippen molar-refractivity contribution in [3.05, 3.63) is 12.2 Å². The summed E-state index contributed by atoms with van der Waals surface area (Å²) in [5, 5.41) is 42.9. The van der Waals surface area contributed by atoms with Crippen molar-refractivity contribution in [3.63, 3.8) is 0 Å². The molecule has 0 radical (unpaired) electrons. The van der Waals surface area contributed by atoms with Crippen molar-refractivity contribution < 1.29 is 64.7 Å². The number of carboxylic acids is 2. The first-order valence-electron chi connectivity index (χ1n) is 12.9. The number of allylic oxidation sites excluding steroid dienone is 2. The van der Waals surface area contributed by atoms with Gasteiger partial charge in [0, 0.05) is 32.0 Å². The number of hydrogen-bond acceptors (Lipinski definition) is 7. The number of unbranched alkanes of at least 4 members (excludes halogenated alkanes) is 11. The average molecular weight is 514 g/mol. The van der Waals surface area contributed by atoms with Gasteiger partial charge in [-0.1, -0.05) is 70.4 Å². The molecule has 0 aliphatic heterocycles. The predicted octanol–water partition coefficient (Wildman–Crippen LogP) is 0.134. The number of aliphatic hydroxyl groups is 3. The molecule has 204 valence electrons. The molecule has 0 bridgehead atoms. The van der Waals surface area contributed by atoms with Crippen LogP contribution in [-0.2, 0) is 9.59 Å². The van der Waals surface area contributed by atoms with E-state index in [4.69, 9.17) is 30.3 Å². The summed E-state index contributed by atoms with van der Waals surface area (Å²) in [6, 6.07) is 0. The van der Waals surface area contributed by atoms with Gasteiger partial charge in [-0.05, 0) is 39.0 Å². The standard InChI is InChI=1S/C18H34O2.C6H15NO3.C2H4O2.Na/c1-2-3-4-5-6-7-8-9-10-11-12-13-14-15-16-17-18(19)20;8-4-1-7(2-5-9)3-6-10;1-2(3)4;/h9-10H,2-8,11-17H2,1H3,(H,19,20);8-10H,1-6H2;1H3,(H,3,4);/q;;;+1/p-1. The SMILES string of the molecule is CC(=O)[O-].CCCCCCCCC=CCCCCCCCC(=O)O.OCCN(CCO)CCO.[Na+]. The summed E-state index contributed by atoms with van der Waals surface area (Å²) < 4.78 is 0. The van der Waals surface area contributed by atoms with Crippen molar-refractivity contribution in [2.75, 3.05) is 39.5 Å². The Morgan fingerprint density at radius 3 is 1.40 bits per heavy atom. The maximum Gasteiger partial charge on any atom is 1.00 e. The summed E-state index contributed by atoms with van der Waals surface area (Å²) in [6.45, 7) is 4.98. The van der Waals surface area contributed by atoms with Crippen LogP contribution in [0.15, 0.2) is 12.2 Å². The molecule has 0 rings (SSSR count). The molecule has 0 saturated heterocycles. The maximum atomic E-state index is 10.3.